The first kappa shape index (κ1) is 8.02. The molecular weight excluding hydrogens is 126 g/mol. The van der Waals surface area contributed by atoms with E-state index in [4.69, 9.17) is 5.73 Å². The molecular formula is C8H17NO. The summed E-state index contributed by atoms with van der Waals surface area (Å²) in [4.78, 5) is 0. The average Bonchev–Trinajstić information content (AvgIpc) is 2.46. The molecule has 3 atom stereocenters. The Hall–Kier alpha value is -0.0800. The van der Waals surface area contributed by atoms with Crippen LogP contribution in [0.25, 0.3) is 0 Å². The van der Waals surface area contributed by atoms with Crippen LogP contribution >= 0.6 is 0 Å². The van der Waals surface area contributed by atoms with Crippen LogP contribution in [0.1, 0.15) is 26.7 Å². The summed E-state index contributed by atoms with van der Waals surface area (Å²) in [6.07, 6.45) is 1.91. The molecule has 1 fully saturated rings. The molecule has 10 heavy (non-hydrogen) atoms. The van der Waals surface area contributed by atoms with E-state index in [0.29, 0.717) is 18.4 Å². The van der Waals surface area contributed by atoms with Crippen molar-refractivity contribution in [1.82, 2.24) is 0 Å². The van der Waals surface area contributed by atoms with E-state index < -0.39 is 5.60 Å². The van der Waals surface area contributed by atoms with Gasteiger partial charge in [-0.3, -0.25) is 0 Å². The molecule has 0 aromatic carbocycles. The molecule has 3 N–H and O–H groups in total. The maximum Gasteiger partial charge on any atom is 0.0662 e. The van der Waals surface area contributed by atoms with Gasteiger partial charge in [0.25, 0.3) is 0 Å². The summed E-state index contributed by atoms with van der Waals surface area (Å²) in [5.74, 6) is 1.22. The molecule has 1 aliphatic rings. The first-order valence-electron chi connectivity index (χ1n) is 4.00. The van der Waals surface area contributed by atoms with Crippen LogP contribution in [0.5, 0.6) is 0 Å². The fourth-order valence-electron chi connectivity index (χ4n) is 1.67. The van der Waals surface area contributed by atoms with E-state index in [1.807, 2.05) is 6.92 Å². The van der Waals surface area contributed by atoms with Gasteiger partial charge in [-0.05, 0) is 38.1 Å². The predicted molar refractivity (Wildman–Crippen MR) is 41.6 cm³/mol. The Morgan fingerprint density at radius 2 is 2.20 bits per heavy atom. The second-order valence-electron chi connectivity index (χ2n) is 3.72. The Labute approximate surface area is 62.4 Å². The highest BCUT2D eigenvalue weighted by molar-refractivity contribution is 4.96. The molecule has 0 heterocycles. The van der Waals surface area contributed by atoms with Crippen molar-refractivity contribution in [1.29, 1.82) is 0 Å². The van der Waals surface area contributed by atoms with Crippen LogP contribution in [0.3, 0.4) is 0 Å². The lowest BCUT2D eigenvalue weighted by Crippen LogP contribution is -2.30. The zero-order chi connectivity index (χ0) is 7.78. The van der Waals surface area contributed by atoms with Crippen LogP contribution in [0, 0.1) is 11.8 Å². The van der Waals surface area contributed by atoms with E-state index >= 15 is 0 Å². The third-order valence-electron chi connectivity index (χ3n) is 2.56. The van der Waals surface area contributed by atoms with Crippen LogP contribution in [-0.4, -0.2) is 17.3 Å². The van der Waals surface area contributed by atoms with E-state index in [9.17, 15) is 5.11 Å². The van der Waals surface area contributed by atoms with Crippen LogP contribution < -0.4 is 5.73 Å². The molecule has 0 amide bonds. The minimum Gasteiger partial charge on any atom is -0.390 e. The largest absolute Gasteiger partial charge is 0.390 e. The van der Waals surface area contributed by atoms with Crippen molar-refractivity contribution in [3.05, 3.63) is 0 Å². The highest BCUT2D eigenvalue weighted by atomic mass is 16.3. The Morgan fingerprint density at radius 1 is 1.70 bits per heavy atom. The molecule has 1 aliphatic carbocycles. The maximum atomic E-state index is 9.74. The molecule has 3 unspecified atom stereocenters. The van der Waals surface area contributed by atoms with Crippen molar-refractivity contribution in [3.63, 3.8) is 0 Å². The molecule has 0 saturated heterocycles. The van der Waals surface area contributed by atoms with E-state index in [0.717, 1.165) is 6.42 Å². The number of hydrogen-bond acceptors (Lipinski definition) is 2. The highest BCUT2D eigenvalue weighted by Crippen LogP contribution is 2.46. The summed E-state index contributed by atoms with van der Waals surface area (Å²) < 4.78 is 0. The van der Waals surface area contributed by atoms with Crippen LogP contribution in [0.15, 0.2) is 0 Å². The van der Waals surface area contributed by atoms with Gasteiger partial charge in [0.1, 0.15) is 0 Å². The van der Waals surface area contributed by atoms with Crippen molar-refractivity contribution in [3.8, 4) is 0 Å². The number of hydrogen-bond donors (Lipinski definition) is 2. The Bertz CT molecular complexity index is 122. The molecule has 0 radical (unpaired) electrons. The molecule has 1 saturated carbocycles. The molecule has 2 heteroatoms. The minimum absolute atomic E-state index is 0.492. The van der Waals surface area contributed by atoms with E-state index in [-0.39, 0.29) is 0 Å². The normalized spacial score (nSPS) is 37.2. The van der Waals surface area contributed by atoms with Gasteiger partial charge in [-0.2, -0.15) is 0 Å². The smallest absolute Gasteiger partial charge is 0.0662 e. The fourth-order valence-corrected chi connectivity index (χ4v) is 1.67. The maximum absolute atomic E-state index is 9.74. The number of aliphatic hydroxyl groups is 1. The zero-order valence-corrected chi connectivity index (χ0v) is 6.80. The monoisotopic (exact) mass is 143 g/mol. The first-order chi connectivity index (χ1) is 4.58. The number of rotatable bonds is 3. The topological polar surface area (TPSA) is 46.2 Å². The third-order valence-corrected chi connectivity index (χ3v) is 2.56. The summed E-state index contributed by atoms with van der Waals surface area (Å²) in [6, 6.07) is 0. The Morgan fingerprint density at radius 3 is 2.50 bits per heavy atom. The van der Waals surface area contributed by atoms with E-state index in [1.54, 1.807) is 0 Å². The standard InChI is InChI=1S/C8H17NO/c1-6-5-7(6)8(2,10)3-4-9/h6-7,10H,3-5,9H2,1-2H3. The SMILES string of the molecule is CC1CC1C(C)(O)CCN. The van der Waals surface area contributed by atoms with Crippen LogP contribution in [-0.2, 0) is 0 Å². The summed E-state index contributed by atoms with van der Waals surface area (Å²) in [6.45, 7) is 4.67. The van der Waals surface area contributed by atoms with Gasteiger partial charge in [0, 0.05) is 0 Å². The molecule has 2 nitrogen and oxygen atoms in total. The molecule has 60 valence electrons. The van der Waals surface area contributed by atoms with Gasteiger partial charge in [0.2, 0.25) is 0 Å². The second-order valence-corrected chi connectivity index (χ2v) is 3.72. The summed E-state index contributed by atoms with van der Waals surface area (Å²) in [5.41, 5.74) is 4.87. The lowest BCUT2D eigenvalue weighted by molar-refractivity contribution is 0.0260. The van der Waals surface area contributed by atoms with Crippen molar-refractivity contribution >= 4 is 0 Å². The van der Waals surface area contributed by atoms with Crippen molar-refractivity contribution in [2.75, 3.05) is 6.54 Å². The van der Waals surface area contributed by atoms with Gasteiger partial charge in [-0.25, -0.2) is 0 Å². The lowest BCUT2D eigenvalue weighted by Gasteiger charge is -2.22. The van der Waals surface area contributed by atoms with Gasteiger partial charge >= 0.3 is 0 Å². The average molecular weight is 143 g/mol. The van der Waals surface area contributed by atoms with Crippen molar-refractivity contribution in [2.24, 2.45) is 17.6 Å². The molecule has 0 spiro atoms. The van der Waals surface area contributed by atoms with Crippen molar-refractivity contribution in [2.45, 2.75) is 32.3 Å². The highest BCUT2D eigenvalue weighted by Gasteiger charge is 2.45. The van der Waals surface area contributed by atoms with Crippen molar-refractivity contribution < 1.29 is 5.11 Å². The van der Waals surface area contributed by atoms with Gasteiger partial charge < -0.3 is 10.8 Å². The quantitative estimate of drug-likeness (QED) is 0.612. The third kappa shape index (κ3) is 1.50. The van der Waals surface area contributed by atoms with E-state index in [1.165, 1.54) is 6.42 Å². The van der Waals surface area contributed by atoms with Crippen LogP contribution in [0.4, 0.5) is 0 Å². The zero-order valence-electron chi connectivity index (χ0n) is 6.80. The van der Waals surface area contributed by atoms with Crippen LogP contribution in [0.2, 0.25) is 0 Å². The first-order valence-corrected chi connectivity index (χ1v) is 4.00. The van der Waals surface area contributed by atoms with E-state index in [2.05, 4.69) is 6.92 Å². The second kappa shape index (κ2) is 2.51. The summed E-state index contributed by atoms with van der Waals surface area (Å²) >= 11 is 0. The van der Waals surface area contributed by atoms with Gasteiger partial charge in [0.15, 0.2) is 0 Å². The minimum atomic E-state index is -0.492. The summed E-state index contributed by atoms with van der Waals surface area (Å²) in [5, 5.41) is 9.74. The fraction of sp³-hybridized carbons (Fsp3) is 1.00. The molecule has 0 bridgehead atoms. The van der Waals surface area contributed by atoms with Gasteiger partial charge in [0.05, 0.1) is 5.60 Å². The molecule has 1 rings (SSSR count). The van der Waals surface area contributed by atoms with Gasteiger partial charge in [-0.15, -0.1) is 0 Å². The molecule has 0 aliphatic heterocycles. The Balaban J connectivity index is 2.36. The predicted octanol–water partition coefficient (Wildman–Crippen LogP) is 0.742. The van der Waals surface area contributed by atoms with Gasteiger partial charge in [-0.1, -0.05) is 6.92 Å². The summed E-state index contributed by atoms with van der Waals surface area (Å²) in [7, 11) is 0. The molecule has 0 aromatic rings. The number of nitrogens with two attached hydrogens (primary N) is 1. The lowest BCUT2D eigenvalue weighted by atomic mass is 9.95. The Kier molecular flexibility index (Phi) is 2.02. The molecule has 0 aromatic heterocycles.